The second-order valence-corrected chi connectivity index (χ2v) is 7.59. The van der Waals surface area contributed by atoms with Gasteiger partial charge in [0, 0.05) is 29.9 Å². The number of ether oxygens (including phenoxy) is 1. The van der Waals surface area contributed by atoms with Crippen molar-refractivity contribution < 1.29 is 14.3 Å². The number of carbonyl (C=O) groups excluding carboxylic acids is 2. The molecule has 2 aromatic heterocycles. The van der Waals surface area contributed by atoms with Gasteiger partial charge in [0.15, 0.2) is 6.61 Å². The second kappa shape index (κ2) is 9.90. The molecular weight excluding hydrogens is 374 g/mol. The molecule has 2 aromatic rings. The Bertz CT molecular complexity index is 904. The third kappa shape index (κ3) is 5.33. The smallest absolute Gasteiger partial charge is 0.349 e. The molecule has 0 aromatic carbocycles. The fourth-order valence-electron chi connectivity index (χ4n) is 2.87. The maximum atomic E-state index is 12.3. The van der Waals surface area contributed by atoms with Crippen LogP contribution in [-0.2, 0) is 27.4 Å². The summed E-state index contributed by atoms with van der Waals surface area (Å²) in [7, 11) is 1.65. The van der Waals surface area contributed by atoms with Crippen molar-refractivity contribution in [3.63, 3.8) is 0 Å². The number of aryl methyl sites for hydroxylation is 1. The number of rotatable bonds is 8. The minimum atomic E-state index is -0.791. The summed E-state index contributed by atoms with van der Waals surface area (Å²) >= 11 is 1.55. The molecule has 0 aliphatic rings. The third-order valence-corrected chi connectivity index (χ3v) is 5.29. The molecule has 148 valence electrons. The van der Waals surface area contributed by atoms with Crippen LogP contribution in [0.5, 0.6) is 0 Å². The number of nitriles is 1. The number of thiophene rings is 1. The van der Waals surface area contributed by atoms with Crippen LogP contribution >= 0.6 is 11.3 Å². The van der Waals surface area contributed by atoms with Crippen molar-refractivity contribution in [1.29, 1.82) is 5.26 Å². The molecule has 0 N–H and O–H groups in total. The van der Waals surface area contributed by atoms with Crippen LogP contribution in [0.1, 0.15) is 35.2 Å². The summed E-state index contributed by atoms with van der Waals surface area (Å²) in [6, 6.07) is 7.67. The highest BCUT2D eigenvalue weighted by molar-refractivity contribution is 7.09. The van der Waals surface area contributed by atoms with Gasteiger partial charge in [-0.25, -0.2) is 4.79 Å². The van der Waals surface area contributed by atoms with Crippen molar-refractivity contribution in [1.82, 2.24) is 9.47 Å². The molecule has 0 saturated heterocycles. The van der Waals surface area contributed by atoms with Crippen molar-refractivity contribution in [3.05, 3.63) is 51.0 Å². The lowest BCUT2D eigenvalue weighted by molar-refractivity contribution is -0.148. The minimum absolute atomic E-state index is 0.120. The van der Waals surface area contributed by atoms with E-state index in [2.05, 4.69) is 11.5 Å². The molecule has 2 heterocycles. The SMILES string of the molecule is CCCn1c(C)cc(/C=C(\C#N)C(=O)OCC(=O)N(C)Cc2cccs2)c1C. The van der Waals surface area contributed by atoms with Gasteiger partial charge in [-0.15, -0.1) is 11.3 Å². The fourth-order valence-corrected chi connectivity index (χ4v) is 3.63. The quantitative estimate of drug-likeness (QED) is 0.385. The van der Waals surface area contributed by atoms with Gasteiger partial charge in [-0.05, 0) is 49.4 Å². The van der Waals surface area contributed by atoms with Crippen LogP contribution in [0.15, 0.2) is 29.2 Å². The van der Waals surface area contributed by atoms with Gasteiger partial charge in [0.05, 0.1) is 6.54 Å². The number of amides is 1. The van der Waals surface area contributed by atoms with Gasteiger partial charge >= 0.3 is 5.97 Å². The first-order valence-electron chi connectivity index (χ1n) is 9.09. The van der Waals surface area contributed by atoms with Gasteiger partial charge in [-0.1, -0.05) is 13.0 Å². The van der Waals surface area contributed by atoms with Crippen molar-refractivity contribution in [2.75, 3.05) is 13.7 Å². The lowest BCUT2D eigenvalue weighted by atomic mass is 10.1. The Morgan fingerprint density at radius 3 is 2.75 bits per heavy atom. The Morgan fingerprint density at radius 1 is 1.39 bits per heavy atom. The summed E-state index contributed by atoms with van der Waals surface area (Å²) in [5.74, 6) is -1.11. The Morgan fingerprint density at radius 2 is 2.14 bits per heavy atom. The maximum absolute atomic E-state index is 12.3. The molecule has 0 unspecified atom stereocenters. The van der Waals surface area contributed by atoms with E-state index in [-0.39, 0.29) is 11.5 Å². The van der Waals surface area contributed by atoms with E-state index >= 15 is 0 Å². The standard InChI is InChI=1S/C21H25N3O3S/c1-5-8-24-15(2)10-17(16(24)3)11-18(12-22)21(26)27-14-20(25)23(4)13-19-7-6-9-28-19/h6-7,9-11H,5,8,13-14H2,1-4H3/b18-11+. The number of hydrogen-bond acceptors (Lipinski definition) is 5. The van der Waals surface area contributed by atoms with Crippen LogP contribution in [0.2, 0.25) is 0 Å². The Balaban J connectivity index is 2.01. The first kappa shape index (κ1) is 21.5. The molecule has 0 radical (unpaired) electrons. The predicted octanol–water partition coefficient (Wildman–Crippen LogP) is 3.69. The number of nitrogens with zero attached hydrogens (tertiary/aromatic N) is 3. The van der Waals surface area contributed by atoms with Crippen LogP contribution in [0.4, 0.5) is 0 Å². The molecule has 0 aliphatic carbocycles. The average molecular weight is 400 g/mol. The molecule has 0 fully saturated rings. The summed E-state index contributed by atoms with van der Waals surface area (Å²) in [4.78, 5) is 27.0. The zero-order valence-corrected chi connectivity index (χ0v) is 17.5. The Labute approximate surface area is 169 Å². The van der Waals surface area contributed by atoms with E-state index in [1.54, 1.807) is 18.4 Å². The molecule has 0 spiro atoms. The fraction of sp³-hybridized carbons (Fsp3) is 0.381. The van der Waals surface area contributed by atoms with E-state index in [0.29, 0.717) is 6.54 Å². The highest BCUT2D eigenvalue weighted by Gasteiger charge is 2.17. The summed E-state index contributed by atoms with van der Waals surface area (Å²) in [5.41, 5.74) is 2.75. The van der Waals surface area contributed by atoms with Gasteiger partial charge in [0.2, 0.25) is 0 Å². The zero-order chi connectivity index (χ0) is 20.7. The maximum Gasteiger partial charge on any atom is 0.349 e. The monoisotopic (exact) mass is 399 g/mol. The number of hydrogen-bond donors (Lipinski definition) is 0. The molecule has 6 nitrogen and oxygen atoms in total. The number of esters is 1. The summed E-state index contributed by atoms with van der Waals surface area (Å²) in [6.45, 7) is 6.99. The Kier molecular flexibility index (Phi) is 7.59. The van der Waals surface area contributed by atoms with Crippen molar-refractivity contribution >= 4 is 29.3 Å². The number of carbonyl (C=O) groups is 2. The zero-order valence-electron chi connectivity index (χ0n) is 16.7. The van der Waals surface area contributed by atoms with Gasteiger partial charge in [-0.2, -0.15) is 5.26 Å². The largest absolute Gasteiger partial charge is 0.451 e. The normalized spacial score (nSPS) is 11.2. The van der Waals surface area contributed by atoms with E-state index < -0.39 is 12.6 Å². The minimum Gasteiger partial charge on any atom is -0.451 e. The van der Waals surface area contributed by atoms with Crippen molar-refractivity contribution in [2.24, 2.45) is 0 Å². The van der Waals surface area contributed by atoms with Gasteiger partial charge in [0.25, 0.3) is 5.91 Å². The molecular formula is C21H25N3O3S. The highest BCUT2D eigenvalue weighted by Crippen LogP contribution is 2.19. The molecule has 28 heavy (non-hydrogen) atoms. The molecule has 0 atom stereocenters. The van der Waals surface area contributed by atoms with E-state index in [1.807, 2.05) is 43.5 Å². The van der Waals surface area contributed by atoms with Crippen LogP contribution < -0.4 is 0 Å². The van der Waals surface area contributed by atoms with E-state index in [0.717, 1.165) is 34.8 Å². The predicted molar refractivity (Wildman–Crippen MR) is 110 cm³/mol. The summed E-state index contributed by atoms with van der Waals surface area (Å²) < 4.78 is 7.22. The van der Waals surface area contributed by atoms with Crippen molar-refractivity contribution in [3.8, 4) is 6.07 Å². The van der Waals surface area contributed by atoms with Crippen LogP contribution in [-0.4, -0.2) is 35.0 Å². The molecule has 0 bridgehead atoms. The number of likely N-dealkylation sites (N-methyl/N-ethyl adjacent to an activating group) is 1. The first-order valence-corrected chi connectivity index (χ1v) is 9.97. The molecule has 1 amide bonds. The lowest BCUT2D eigenvalue weighted by Gasteiger charge is -2.16. The average Bonchev–Trinajstić information content (AvgIpc) is 3.27. The van der Waals surface area contributed by atoms with Gasteiger partial charge < -0.3 is 14.2 Å². The lowest BCUT2D eigenvalue weighted by Crippen LogP contribution is -2.30. The molecule has 0 saturated carbocycles. The molecule has 0 aliphatic heterocycles. The van der Waals surface area contributed by atoms with Crippen LogP contribution in [0.3, 0.4) is 0 Å². The molecule has 7 heteroatoms. The van der Waals surface area contributed by atoms with Crippen LogP contribution in [0, 0.1) is 25.2 Å². The topological polar surface area (TPSA) is 75.3 Å². The molecule has 2 rings (SSSR count). The summed E-state index contributed by atoms with van der Waals surface area (Å²) in [5, 5.41) is 11.3. The van der Waals surface area contributed by atoms with E-state index in [4.69, 9.17) is 4.74 Å². The van der Waals surface area contributed by atoms with E-state index in [9.17, 15) is 14.9 Å². The highest BCUT2D eigenvalue weighted by atomic mass is 32.1. The second-order valence-electron chi connectivity index (χ2n) is 6.55. The van der Waals surface area contributed by atoms with Crippen molar-refractivity contribution in [2.45, 2.75) is 40.3 Å². The van der Waals surface area contributed by atoms with E-state index in [1.165, 1.54) is 11.0 Å². The van der Waals surface area contributed by atoms with Gasteiger partial charge in [-0.3, -0.25) is 4.79 Å². The van der Waals surface area contributed by atoms with Gasteiger partial charge in [0.1, 0.15) is 11.6 Å². The third-order valence-electron chi connectivity index (χ3n) is 4.43. The summed E-state index contributed by atoms with van der Waals surface area (Å²) in [6.07, 6.45) is 2.52. The van der Waals surface area contributed by atoms with Crippen LogP contribution in [0.25, 0.3) is 6.08 Å². The number of aromatic nitrogens is 1. The Hall–Kier alpha value is -2.85. The first-order chi connectivity index (χ1) is 13.4.